The zero-order valence-electron chi connectivity index (χ0n) is 10.3. The van der Waals surface area contributed by atoms with Gasteiger partial charge in [0.05, 0.1) is 4.92 Å². The number of nitro benzene ring substituents is 1. The van der Waals surface area contributed by atoms with Gasteiger partial charge >= 0.3 is 5.69 Å². The molecule has 0 aliphatic heterocycles. The van der Waals surface area contributed by atoms with E-state index < -0.39 is 4.92 Å². The van der Waals surface area contributed by atoms with E-state index in [1.54, 1.807) is 24.3 Å². The van der Waals surface area contributed by atoms with Crippen LogP contribution in [-0.4, -0.2) is 4.92 Å². The van der Waals surface area contributed by atoms with Gasteiger partial charge < -0.3 is 4.74 Å². The first-order valence-electron chi connectivity index (χ1n) is 5.68. The summed E-state index contributed by atoms with van der Waals surface area (Å²) in [7, 11) is 0. The van der Waals surface area contributed by atoms with Gasteiger partial charge in [0.1, 0.15) is 5.75 Å². The molecule has 0 bridgehead atoms. The number of hydrogen-bond acceptors (Lipinski definition) is 3. The molecule has 0 N–H and O–H groups in total. The Hall–Kier alpha value is -1.88. The SMILES string of the molecule is Cc1cc(Oc2ccccc2[N+](=O)[O-])ccc1CBr. The van der Waals surface area contributed by atoms with E-state index >= 15 is 0 Å². The van der Waals surface area contributed by atoms with Crippen molar-refractivity contribution < 1.29 is 9.66 Å². The number of hydrogen-bond donors (Lipinski definition) is 0. The van der Waals surface area contributed by atoms with Crippen LogP contribution in [0.25, 0.3) is 0 Å². The van der Waals surface area contributed by atoms with Crippen LogP contribution in [0.2, 0.25) is 0 Å². The van der Waals surface area contributed by atoms with Crippen molar-refractivity contribution in [1.29, 1.82) is 0 Å². The Morgan fingerprint density at radius 3 is 2.63 bits per heavy atom. The van der Waals surface area contributed by atoms with Crippen molar-refractivity contribution in [1.82, 2.24) is 0 Å². The van der Waals surface area contributed by atoms with Crippen LogP contribution < -0.4 is 4.74 Å². The number of ether oxygens (including phenoxy) is 1. The van der Waals surface area contributed by atoms with Crippen LogP contribution in [-0.2, 0) is 5.33 Å². The summed E-state index contributed by atoms with van der Waals surface area (Å²) < 4.78 is 5.59. The summed E-state index contributed by atoms with van der Waals surface area (Å²) in [6.07, 6.45) is 0. The van der Waals surface area contributed by atoms with Crippen LogP contribution in [0.1, 0.15) is 11.1 Å². The van der Waals surface area contributed by atoms with E-state index in [1.807, 2.05) is 19.1 Å². The van der Waals surface area contributed by atoms with E-state index in [2.05, 4.69) is 15.9 Å². The second-order valence-electron chi connectivity index (χ2n) is 4.05. The fourth-order valence-electron chi connectivity index (χ4n) is 1.70. The van der Waals surface area contributed by atoms with Gasteiger partial charge in [0, 0.05) is 11.4 Å². The number of rotatable bonds is 4. The van der Waals surface area contributed by atoms with Crippen molar-refractivity contribution in [3.63, 3.8) is 0 Å². The molecule has 0 saturated carbocycles. The minimum Gasteiger partial charge on any atom is -0.450 e. The lowest BCUT2D eigenvalue weighted by Crippen LogP contribution is -1.94. The van der Waals surface area contributed by atoms with Crippen molar-refractivity contribution in [2.75, 3.05) is 0 Å². The predicted octanol–water partition coefficient (Wildman–Crippen LogP) is 4.59. The smallest absolute Gasteiger partial charge is 0.311 e. The van der Waals surface area contributed by atoms with Gasteiger partial charge in [-0.3, -0.25) is 10.1 Å². The number of alkyl halides is 1. The number of para-hydroxylation sites is 2. The van der Waals surface area contributed by atoms with Gasteiger partial charge in [0.15, 0.2) is 0 Å². The molecule has 0 radical (unpaired) electrons. The van der Waals surface area contributed by atoms with Crippen molar-refractivity contribution in [3.05, 3.63) is 63.7 Å². The third-order valence-corrected chi connectivity index (χ3v) is 3.35. The molecular formula is C14H12BrNO3. The van der Waals surface area contributed by atoms with Gasteiger partial charge in [0.25, 0.3) is 0 Å². The molecule has 0 aliphatic rings. The molecule has 2 aromatic rings. The van der Waals surface area contributed by atoms with Crippen molar-refractivity contribution >= 4 is 21.6 Å². The minimum absolute atomic E-state index is 0.0373. The van der Waals surface area contributed by atoms with Crippen LogP contribution in [0.15, 0.2) is 42.5 Å². The van der Waals surface area contributed by atoms with Crippen molar-refractivity contribution in [2.45, 2.75) is 12.3 Å². The zero-order valence-corrected chi connectivity index (χ0v) is 11.9. The van der Waals surface area contributed by atoms with Crippen LogP contribution in [0.3, 0.4) is 0 Å². The lowest BCUT2D eigenvalue weighted by Gasteiger charge is -2.08. The van der Waals surface area contributed by atoms with Gasteiger partial charge in [-0.25, -0.2) is 0 Å². The zero-order chi connectivity index (χ0) is 13.8. The minimum atomic E-state index is -0.449. The Morgan fingerprint density at radius 2 is 2.00 bits per heavy atom. The third-order valence-electron chi connectivity index (χ3n) is 2.75. The molecule has 2 rings (SSSR count). The molecule has 0 atom stereocenters. The molecule has 5 heteroatoms. The number of aryl methyl sites for hydroxylation is 1. The molecular weight excluding hydrogens is 310 g/mol. The highest BCUT2D eigenvalue weighted by Gasteiger charge is 2.14. The number of nitro groups is 1. The second-order valence-corrected chi connectivity index (χ2v) is 4.61. The van der Waals surface area contributed by atoms with E-state index in [1.165, 1.54) is 6.07 Å². The van der Waals surface area contributed by atoms with Gasteiger partial charge in [-0.15, -0.1) is 0 Å². The summed E-state index contributed by atoms with van der Waals surface area (Å²) in [5.74, 6) is 0.843. The summed E-state index contributed by atoms with van der Waals surface area (Å²) in [4.78, 5) is 10.4. The maximum Gasteiger partial charge on any atom is 0.311 e. The van der Waals surface area contributed by atoms with E-state index in [0.717, 1.165) is 16.5 Å². The first-order chi connectivity index (χ1) is 9.11. The maximum atomic E-state index is 10.9. The molecule has 19 heavy (non-hydrogen) atoms. The molecule has 0 aliphatic carbocycles. The molecule has 98 valence electrons. The van der Waals surface area contributed by atoms with E-state index in [9.17, 15) is 10.1 Å². The Morgan fingerprint density at radius 1 is 1.26 bits per heavy atom. The Balaban J connectivity index is 2.31. The van der Waals surface area contributed by atoms with Gasteiger partial charge in [-0.2, -0.15) is 0 Å². The van der Waals surface area contributed by atoms with Crippen LogP contribution in [0.4, 0.5) is 5.69 Å². The number of nitrogens with zero attached hydrogens (tertiary/aromatic N) is 1. The Bertz CT molecular complexity index is 613. The fraction of sp³-hybridized carbons (Fsp3) is 0.143. The molecule has 0 unspecified atom stereocenters. The highest BCUT2D eigenvalue weighted by molar-refractivity contribution is 9.08. The average Bonchev–Trinajstić information content (AvgIpc) is 2.39. The Kier molecular flexibility index (Phi) is 4.16. The molecule has 4 nitrogen and oxygen atoms in total. The van der Waals surface area contributed by atoms with Gasteiger partial charge in [-0.1, -0.05) is 34.1 Å². The topological polar surface area (TPSA) is 52.4 Å². The first kappa shape index (κ1) is 13.5. The van der Waals surface area contributed by atoms with Crippen molar-refractivity contribution in [3.8, 4) is 11.5 Å². The van der Waals surface area contributed by atoms with Crippen molar-refractivity contribution in [2.24, 2.45) is 0 Å². The standard InChI is InChI=1S/C14H12BrNO3/c1-10-8-12(7-6-11(10)9-15)19-14-5-3-2-4-13(14)16(17)18/h2-8H,9H2,1H3. The third kappa shape index (κ3) is 3.12. The van der Waals surface area contributed by atoms with Gasteiger partial charge in [-0.05, 0) is 36.2 Å². The van der Waals surface area contributed by atoms with Gasteiger partial charge in [0.2, 0.25) is 5.75 Å². The molecule has 0 saturated heterocycles. The first-order valence-corrected chi connectivity index (χ1v) is 6.80. The summed E-state index contributed by atoms with van der Waals surface area (Å²) in [5, 5.41) is 11.7. The molecule has 2 aromatic carbocycles. The number of benzene rings is 2. The molecule has 0 heterocycles. The summed E-state index contributed by atoms with van der Waals surface area (Å²) in [6.45, 7) is 1.98. The summed E-state index contributed by atoms with van der Waals surface area (Å²) in [6, 6.07) is 12.0. The molecule has 0 spiro atoms. The Labute approximate surface area is 119 Å². The van der Waals surface area contributed by atoms with Crippen LogP contribution in [0.5, 0.6) is 11.5 Å². The highest BCUT2D eigenvalue weighted by Crippen LogP contribution is 2.31. The van der Waals surface area contributed by atoms with E-state index in [4.69, 9.17) is 4.74 Å². The molecule has 0 aromatic heterocycles. The lowest BCUT2D eigenvalue weighted by atomic mass is 10.1. The summed E-state index contributed by atoms with van der Waals surface area (Å²) >= 11 is 3.40. The lowest BCUT2D eigenvalue weighted by molar-refractivity contribution is -0.385. The highest BCUT2D eigenvalue weighted by atomic mass is 79.9. The quantitative estimate of drug-likeness (QED) is 0.470. The van der Waals surface area contributed by atoms with Crippen LogP contribution in [0, 0.1) is 17.0 Å². The van der Waals surface area contributed by atoms with E-state index in [-0.39, 0.29) is 11.4 Å². The molecule has 0 amide bonds. The molecule has 0 fully saturated rings. The maximum absolute atomic E-state index is 10.9. The second kappa shape index (κ2) is 5.84. The number of halogens is 1. The normalized spacial score (nSPS) is 10.2. The average molecular weight is 322 g/mol. The van der Waals surface area contributed by atoms with E-state index in [0.29, 0.717) is 5.75 Å². The monoisotopic (exact) mass is 321 g/mol. The fourth-order valence-corrected chi connectivity index (χ4v) is 2.33. The summed E-state index contributed by atoms with van der Waals surface area (Å²) in [5.41, 5.74) is 2.20. The van der Waals surface area contributed by atoms with Crippen LogP contribution >= 0.6 is 15.9 Å². The largest absolute Gasteiger partial charge is 0.450 e. The predicted molar refractivity (Wildman–Crippen MR) is 77.0 cm³/mol.